The van der Waals surface area contributed by atoms with Crippen molar-refractivity contribution in [3.63, 3.8) is 0 Å². The van der Waals surface area contributed by atoms with Crippen molar-refractivity contribution < 1.29 is 19.5 Å². The zero-order valence-electron chi connectivity index (χ0n) is 19.0. The summed E-state index contributed by atoms with van der Waals surface area (Å²) in [6.07, 6.45) is 12.2. The first-order valence-corrected chi connectivity index (χ1v) is 12.2. The molecule has 0 aromatic heterocycles. The van der Waals surface area contributed by atoms with Crippen molar-refractivity contribution in [2.75, 3.05) is 6.54 Å². The summed E-state index contributed by atoms with van der Waals surface area (Å²) in [4.78, 5) is 37.2. The maximum absolute atomic E-state index is 13.1. The van der Waals surface area contributed by atoms with Crippen LogP contribution in [0.3, 0.4) is 0 Å². The molecule has 0 radical (unpaired) electrons. The first-order valence-electron chi connectivity index (χ1n) is 12.2. The van der Waals surface area contributed by atoms with E-state index in [2.05, 4.69) is 22.9 Å². The van der Waals surface area contributed by atoms with Crippen LogP contribution in [0.4, 0.5) is 4.79 Å². The number of unbranched alkanes of at least 4 members (excludes halogenated alkanes) is 1. The molecule has 2 fully saturated rings. The molecule has 0 heterocycles. The highest BCUT2D eigenvalue weighted by atomic mass is 16.4. The van der Waals surface area contributed by atoms with Crippen molar-refractivity contribution in [3.05, 3.63) is 0 Å². The van der Waals surface area contributed by atoms with Gasteiger partial charge in [0.2, 0.25) is 5.91 Å². The topological polar surface area (TPSA) is 134 Å². The molecule has 2 aliphatic carbocycles. The van der Waals surface area contributed by atoms with Crippen molar-refractivity contribution in [1.82, 2.24) is 16.0 Å². The van der Waals surface area contributed by atoms with Gasteiger partial charge in [0.15, 0.2) is 0 Å². The Kier molecular flexibility index (Phi) is 11.1. The summed E-state index contributed by atoms with van der Waals surface area (Å²) in [5, 5.41) is 17.9. The molecular weight excluding hydrogens is 396 g/mol. The van der Waals surface area contributed by atoms with Gasteiger partial charge in [-0.25, -0.2) is 9.59 Å². The van der Waals surface area contributed by atoms with Crippen LogP contribution in [0, 0.1) is 11.8 Å². The molecule has 3 unspecified atom stereocenters. The summed E-state index contributed by atoms with van der Waals surface area (Å²) in [6, 6.07) is -2.06. The molecule has 6 N–H and O–H groups in total. The number of aliphatic carboxylic acids is 1. The zero-order chi connectivity index (χ0) is 22.6. The van der Waals surface area contributed by atoms with Gasteiger partial charge in [-0.3, -0.25) is 4.79 Å². The quantitative estimate of drug-likeness (QED) is 0.316. The molecule has 0 aliphatic heterocycles. The number of carboxylic acid groups (broad SMARTS) is 1. The van der Waals surface area contributed by atoms with Gasteiger partial charge < -0.3 is 26.8 Å². The highest BCUT2D eigenvalue weighted by Gasteiger charge is 2.30. The maximum atomic E-state index is 13.1. The van der Waals surface area contributed by atoms with E-state index in [0.29, 0.717) is 44.1 Å². The highest BCUT2D eigenvalue weighted by molar-refractivity contribution is 5.88. The van der Waals surface area contributed by atoms with E-state index in [4.69, 9.17) is 5.73 Å². The Hall–Kier alpha value is -1.83. The van der Waals surface area contributed by atoms with E-state index >= 15 is 0 Å². The third-order valence-corrected chi connectivity index (χ3v) is 6.75. The van der Waals surface area contributed by atoms with E-state index in [1.807, 2.05) is 0 Å². The minimum absolute atomic E-state index is 0.144. The molecule has 2 aliphatic rings. The highest BCUT2D eigenvalue weighted by Crippen LogP contribution is 2.28. The van der Waals surface area contributed by atoms with Crippen molar-refractivity contribution in [3.8, 4) is 0 Å². The molecule has 178 valence electrons. The van der Waals surface area contributed by atoms with Crippen LogP contribution in [0.2, 0.25) is 0 Å². The molecule has 0 aromatic rings. The molecule has 3 amide bonds. The predicted molar refractivity (Wildman–Crippen MR) is 121 cm³/mol. The minimum atomic E-state index is -1.07. The monoisotopic (exact) mass is 438 g/mol. The average molecular weight is 439 g/mol. The van der Waals surface area contributed by atoms with Crippen LogP contribution in [0.25, 0.3) is 0 Å². The summed E-state index contributed by atoms with van der Waals surface area (Å²) in [5.74, 6) is -0.210. The van der Waals surface area contributed by atoms with E-state index in [0.717, 1.165) is 44.9 Å². The number of hydrogen-bond donors (Lipinski definition) is 5. The van der Waals surface area contributed by atoms with Crippen LogP contribution in [0.1, 0.15) is 90.4 Å². The first-order chi connectivity index (χ1) is 14.9. The van der Waals surface area contributed by atoms with E-state index < -0.39 is 24.1 Å². The maximum Gasteiger partial charge on any atom is 0.326 e. The van der Waals surface area contributed by atoms with Crippen LogP contribution in [0.5, 0.6) is 0 Å². The number of rotatable bonds is 11. The summed E-state index contributed by atoms with van der Waals surface area (Å²) in [6.45, 7) is 2.70. The fraction of sp³-hybridized carbons (Fsp3) is 0.870. The predicted octanol–water partition coefficient (Wildman–Crippen LogP) is 2.90. The van der Waals surface area contributed by atoms with Crippen LogP contribution in [0.15, 0.2) is 0 Å². The molecule has 8 nitrogen and oxygen atoms in total. The summed E-state index contributed by atoms with van der Waals surface area (Å²) >= 11 is 0. The Labute approximate surface area is 186 Å². The Morgan fingerprint density at radius 2 is 1.68 bits per heavy atom. The molecule has 4 atom stereocenters. The fourth-order valence-corrected chi connectivity index (χ4v) is 4.96. The Morgan fingerprint density at radius 3 is 2.32 bits per heavy atom. The lowest BCUT2D eigenvalue weighted by Crippen LogP contribution is -2.55. The third-order valence-electron chi connectivity index (χ3n) is 6.75. The third kappa shape index (κ3) is 9.46. The van der Waals surface area contributed by atoms with Gasteiger partial charge >= 0.3 is 12.0 Å². The lowest BCUT2D eigenvalue weighted by molar-refractivity contribution is -0.139. The lowest BCUT2D eigenvalue weighted by atomic mass is 9.84. The van der Waals surface area contributed by atoms with Gasteiger partial charge in [0, 0.05) is 6.04 Å². The smallest absolute Gasteiger partial charge is 0.326 e. The largest absolute Gasteiger partial charge is 0.480 e. The molecular formula is C23H42N4O4. The number of amides is 3. The van der Waals surface area contributed by atoms with Gasteiger partial charge in [-0.2, -0.15) is 0 Å². The Balaban J connectivity index is 1.96. The van der Waals surface area contributed by atoms with Crippen LogP contribution in [-0.4, -0.2) is 47.7 Å². The van der Waals surface area contributed by atoms with Gasteiger partial charge in [-0.1, -0.05) is 51.9 Å². The van der Waals surface area contributed by atoms with E-state index in [9.17, 15) is 19.5 Å². The molecule has 2 rings (SSSR count). The van der Waals surface area contributed by atoms with E-state index in [1.165, 1.54) is 12.8 Å². The van der Waals surface area contributed by atoms with Crippen LogP contribution >= 0.6 is 0 Å². The van der Waals surface area contributed by atoms with Gasteiger partial charge in [-0.05, 0) is 56.9 Å². The fourth-order valence-electron chi connectivity index (χ4n) is 4.96. The summed E-state index contributed by atoms with van der Waals surface area (Å²) < 4.78 is 0. The minimum Gasteiger partial charge on any atom is -0.480 e. The molecule has 31 heavy (non-hydrogen) atoms. The van der Waals surface area contributed by atoms with Crippen LogP contribution in [-0.2, 0) is 9.59 Å². The standard InChI is InChI=1S/C23H42N4O4/c1-16-8-7-11-18(14-16)25-21(28)20(15-17-9-3-2-4-10-17)27-23(31)26-19(22(29)30)12-5-6-13-24/h16-20H,2-15,24H2,1H3,(H,25,28)(H,29,30)(H2,26,27,31)/t16?,18?,19?,20-/m0/s1. The molecule has 0 aromatic carbocycles. The normalized spacial score (nSPS) is 24.1. The molecule has 0 saturated heterocycles. The molecule has 0 spiro atoms. The second kappa shape index (κ2) is 13.6. The van der Waals surface area contributed by atoms with Crippen molar-refractivity contribution in [2.24, 2.45) is 17.6 Å². The number of carbonyl (C=O) groups is 3. The van der Waals surface area contributed by atoms with E-state index in [1.54, 1.807) is 0 Å². The van der Waals surface area contributed by atoms with E-state index in [-0.39, 0.29) is 11.9 Å². The number of carboxylic acids is 1. The zero-order valence-corrected chi connectivity index (χ0v) is 19.0. The number of carbonyl (C=O) groups excluding carboxylic acids is 2. The SMILES string of the molecule is CC1CCCC(NC(=O)[C@H](CC2CCCCC2)NC(=O)NC(CCCCN)C(=O)O)C1. The van der Waals surface area contributed by atoms with Gasteiger partial charge in [0.25, 0.3) is 0 Å². The first kappa shape index (κ1) is 25.4. The van der Waals surface area contributed by atoms with Gasteiger partial charge in [-0.15, -0.1) is 0 Å². The van der Waals surface area contributed by atoms with Crippen molar-refractivity contribution in [2.45, 2.75) is 109 Å². The Bertz CT molecular complexity index is 580. The van der Waals surface area contributed by atoms with Gasteiger partial charge in [0.05, 0.1) is 0 Å². The van der Waals surface area contributed by atoms with Crippen LogP contribution < -0.4 is 21.7 Å². The van der Waals surface area contributed by atoms with Crippen molar-refractivity contribution >= 4 is 17.9 Å². The molecule has 8 heteroatoms. The number of nitrogens with one attached hydrogen (secondary N) is 3. The average Bonchev–Trinajstić information content (AvgIpc) is 2.73. The number of hydrogen-bond acceptors (Lipinski definition) is 4. The number of urea groups is 1. The molecule has 0 bridgehead atoms. The second-order valence-electron chi connectivity index (χ2n) is 9.56. The summed E-state index contributed by atoms with van der Waals surface area (Å²) in [7, 11) is 0. The van der Waals surface area contributed by atoms with Gasteiger partial charge in [0.1, 0.15) is 12.1 Å². The second-order valence-corrected chi connectivity index (χ2v) is 9.56. The Morgan fingerprint density at radius 1 is 0.968 bits per heavy atom. The number of nitrogens with two attached hydrogens (primary N) is 1. The summed E-state index contributed by atoms with van der Waals surface area (Å²) in [5.41, 5.74) is 5.47. The van der Waals surface area contributed by atoms with Crippen molar-refractivity contribution in [1.29, 1.82) is 0 Å². The lowest BCUT2D eigenvalue weighted by Gasteiger charge is -2.31. The molecule has 2 saturated carbocycles.